The molecule has 0 saturated heterocycles. The van der Waals surface area contributed by atoms with Crippen LogP contribution in [0.4, 0.5) is 5.69 Å². The Labute approximate surface area is 142 Å². The average molecular weight is 326 g/mol. The van der Waals surface area contributed by atoms with E-state index in [9.17, 15) is 9.59 Å². The van der Waals surface area contributed by atoms with E-state index in [0.29, 0.717) is 18.0 Å². The molecule has 5 nitrogen and oxygen atoms in total. The Hall–Kier alpha value is -2.82. The maximum atomic E-state index is 12.3. The number of hydrogen-bond donors (Lipinski definition) is 1. The van der Waals surface area contributed by atoms with Crippen molar-refractivity contribution in [2.45, 2.75) is 20.4 Å². The summed E-state index contributed by atoms with van der Waals surface area (Å²) in [6.07, 6.45) is 0. The first-order valence-corrected chi connectivity index (χ1v) is 7.74. The predicted molar refractivity (Wildman–Crippen MR) is 93.9 cm³/mol. The van der Waals surface area contributed by atoms with Crippen LogP contribution in [-0.4, -0.2) is 30.4 Å². The second-order valence-electron chi connectivity index (χ2n) is 5.55. The van der Waals surface area contributed by atoms with Gasteiger partial charge in [0.25, 0.3) is 0 Å². The highest BCUT2D eigenvalue weighted by atomic mass is 16.5. The third-order valence-corrected chi connectivity index (χ3v) is 3.78. The molecule has 24 heavy (non-hydrogen) atoms. The summed E-state index contributed by atoms with van der Waals surface area (Å²) in [4.78, 5) is 25.7. The minimum atomic E-state index is -0.261. The third kappa shape index (κ3) is 4.59. The number of carbonyl (C=O) groups is 2. The topological polar surface area (TPSA) is 58.6 Å². The highest BCUT2D eigenvalue weighted by Gasteiger charge is 2.16. The van der Waals surface area contributed by atoms with Gasteiger partial charge in [0, 0.05) is 13.5 Å². The molecule has 126 valence electrons. The Morgan fingerprint density at radius 2 is 1.75 bits per heavy atom. The second-order valence-corrected chi connectivity index (χ2v) is 5.55. The Kier molecular flexibility index (Phi) is 5.95. The zero-order valence-electron chi connectivity index (χ0n) is 14.2. The number of nitrogens with zero attached hydrogens (tertiary/aromatic N) is 1. The molecule has 0 aromatic heterocycles. The van der Waals surface area contributed by atoms with Crippen LogP contribution < -0.4 is 10.1 Å². The van der Waals surface area contributed by atoms with Gasteiger partial charge in [-0.3, -0.25) is 9.59 Å². The molecule has 0 aliphatic rings. The zero-order valence-corrected chi connectivity index (χ0v) is 14.2. The lowest BCUT2D eigenvalue weighted by atomic mass is 10.1. The smallest absolute Gasteiger partial charge is 0.244 e. The van der Waals surface area contributed by atoms with E-state index in [-0.39, 0.29) is 18.4 Å². The third-order valence-electron chi connectivity index (χ3n) is 3.78. The van der Waals surface area contributed by atoms with Crippen LogP contribution in [-0.2, 0) is 16.1 Å². The maximum Gasteiger partial charge on any atom is 0.244 e. The van der Waals surface area contributed by atoms with Gasteiger partial charge in [-0.05, 0) is 30.2 Å². The molecule has 0 unspecified atom stereocenters. The molecule has 2 aromatic rings. The fourth-order valence-electron chi connectivity index (χ4n) is 2.38. The lowest BCUT2D eigenvalue weighted by Crippen LogP contribution is -2.36. The van der Waals surface area contributed by atoms with Crippen molar-refractivity contribution < 1.29 is 14.3 Å². The average Bonchev–Trinajstić information content (AvgIpc) is 2.56. The number of ether oxygens (including phenoxy) is 1. The van der Waals surface area contributed by atoms with E-state index in [1.807, 2.05) is 43.3 Å². The largest absolute Gasteiger partial charge is 0.495 e. The molecule has 0 spiro atoms. The van der Waals surface area contributed by atoms with Crippen molar-refractivity contribution >= 4 is 17.5 Å². The first-order chi connectivity index (χ1) is 11.5. The molecule has 2 aromatic carbocycles. The van der Waals surface area contributed by atoms with Crippen molar-refractivity contribution in [3.63, 3.8) is 0 Å². The second kappa shape index (κ2) is 8.15. The molecule has 0 fully saturated rings. The van der Waals surface area contributed by atoms with Gasteiger partial charge < -0.3 is 15.0 Å². The molecule has 0 aliphatic heterocycles. The summed E-state index contributed by atoms with van der Waals surface area (Å²) in [6.45, 7) is 3.85. The summed E-state index contributed by atoms with van der Waals surface area (Å²) in [6, 6.07) is 15.0. The highest BCUT2D eigenvalue weighted by Crippen LogP contribution is 2.23. The normalized spacial score (nSPS) is 10.1. The minimum absolute atomic E-state index is 0.0122. The molecule has 2 amide bonds. The summed E-state index contributed by atoms with van der Waals surface area (Å²) in [5.41, 5.74) is 2.70. The molecule has 1 N–H and O–H groups in total. The van der Waals surface area contributed by atoms with Crippen LogP contribution in [0, 0.1) is 6.92 Å². The van der Waals surface area contributed by atoms with Crippen LogP contribution in [0.2, 0.25) is 0 Å². The van der Waals surface area contributed by atoms with Gasteiger partial charge in [0.15, 0.2) is 0 Å². The summed E-state index contributed by atoms with van der Waals surface area (Å²) in [5, 5.41) is 2.79. The number of carbonyl (C=O) groups excluding carboxylic acids is 2. The summed E-state index contributed by atoms with van der Waals surface area (Å²) >= 11 is 0. The molecular weight excluding hydrogens is 304 g/mol. The van der Waals surface area contributed by atoms with Crippen LogP contribution in [0.25, 0.3) is 0 Å². The van der Waals surface area contributed by atoms with Gasteiger partial charge in [-0.25, -0.2) is 0 Å². The number of rotatable bonds is 6. The molecule has 0 atom stereocenters. The number of aryl methyl sites for hydroxylation is 1. The highest BCUT2D eigenvalue weighted by molar-refractivity contribution is 5.95. The summed E-state index contributed by atoms with van der Waals surface area (Å²) in [5.74, 6) is 0.177. The number of methoxy groups -OCH3 is 1. The first kappa shape index (κ1) is 17.5. The molecule has 0 aliphatic carbocycles. The number of para-hydroxylation sites is 2. The van der Waals surface area contributed by atoms with Gasteiger partial charge in [0.2, 0.25) is 11.8 Å². The van der Waals surface area contributed by atoms with Crippen molar-refractivity contribution in [1.82, 2.24) is 4.90 Å². The van der Waals surface area contributed by atoms with Crippen LogP contribution in [0.1, 0.15) is 18.1 Å². The Morgan fingerprint density at radius 3 is 2.42 bits per heavy atom. The monoisotopic (exact) mass is 326 g/mol. The molecular formula is C19H22N2O3. The van der Waals surface area contributed by atoms with Gasteiger partial charge in [-0.15, -0.1) is 0 Å². The standard InChI is InChI=1S/C19H22N2O3/c1-14-8-4-5-9-16(14)12-21(15(2)22)13-19(23)20-17-10-6-7-11-18(17)24-3/h4-11H,12-13H2,1-3H3,(H,20,23). The minimum Gasteiger partial charge on any atom is -0.495 e. The summed E-state index contributed by atoms with van der Waals surface area (Å²) in [7, 11) is 1.55. The van der Waals surface area contributed by atoms with E-state index in [1.54, 1.807) is 19.2 Å². The molecule has 0 radical (unpaired) electrons. The van der Waals surface area contributed by atoms with Gasteiger partial charge >= 0.3 is 0 Å². The Morgan fingerprint density at radius 1 is 1.08 bits per heavy atom. The van der Waals surface area contributed by atoms with Gasteiger partial charge in [0.1, 0.15) is 12.3 Å². The van der Waals surface area contributed by atoms with Gasteiger partial charge in [-0.1, -0.05) is 36.4 Å². The van der Waals surface area contributed by atoms with Crippen LogP contribution in [0.3, 0.4) is 0 Å². The van der Waals surface area contributed by atoms with Crippen molar-refractivity contribution in [3.05, 3.63) is 59.7 Å². The molecule has 0 heterocycles. The van der Waals surface area contributed by atoms with Crippen LogP contribution in [0.15, 0.2) is 48.5 Å². The molecule has 2 rings (SSSR count). The maximum absolute atomic E-state index is 12.3. The number of amides is 2. The fraction of sp³-hybridized carbons (Fsp3) is 0.263. The van der Waals surface area contributed by atoms with E-state index < -0.39 is 0 Å². The lowest BCUT2D eigenvalue weighted by Gasteiger charge is -2.22. The summed E-state index contributed by atoms with van der Waals surface area (Å²) < 4.78 is 5.21. The van der Waals surface area contributed by atoms with Gasteiger partial charge in [0.05, 0.1) is 12.8 Å². The fourth-order valence-corrected chi connectivity index (χ4v) is 2.38. The quantitative estimate of drug-likeness (QED) is 0.888. The SMILES string of the molecule is COc1ccccc1NC(=O)CN(Cc1ccccc1C)C(C)=O. The van der Waals surface area contributed by atoms with Crippen LogP contribution >= 0.6 is 0 Å². The molecule has 0 bridgehead atoms. The van der Waals surface area contributed by atoms with E-state index in [4.69, 9.17) is 4.74 Å². The Bertz CT molecular complexity index is 728. The number of hydrogen-bond acceptors (Lipinski definition) is 3. The predicted octanol–water partition coefficient (Wildman–Crippen LogP) is 2.99. The van der Waals surface area contributed by atoms with Crippen molar-refractivity contribution in [2.75, 3.05) is 19.0 Å². The number of benzene rings is 2. The Balaban J connectivity index is 2.06. The van der Waals surface area contributed by atoms with E-state index >= 15 is 0 Å². The zero-order chi connectivity index (χ0) is 17.5. The first-order valence-electron chi connectivity index (χ1n) is 7.74. The van der Waals surface area contributed by atoms with E-state index in [1.165, 1.54) is 11.8 Å². The van der Waals surface area contributed by atoms with E-state index in [0.717, 1.165) is 11.1 Å². The number of nitrogens with one attached hydrogen (secondary N) is 1. The van der Waals surface area contributed by atoms with E-state index in [2.05, 4.69) is 5.32 Å². The van der Waals surface area contributed by atoms with Crippen molar-refractivity contribution in [1.29, 1.82) is 0 Å². The number of anilines is 1. The lowest BCUT2D eigenvalue weighted by molar-refractivity contribution is -0.133. The van der Waals surface area contributed by atoms with Crippen LogP contribution in [0.5, 0.6) is 5.75 Å². The van der Waals surface area contributed by atoms with Crippen molar-refractivity contribution in [3.8, 4) is 5.75 Å². The molecule has 5 heteroatoms. The van der Waals surface area contributed by atoms with Gasteiger partial charge in [-0.2, -0.15) is 0 Å². The molecule has 0 saturated carbocycles. The van der Waals surface area contributed by atoms with Crippen molar-refractivity contribution in [2.24, 2.45) is 0 Å².